The van der Waals surface area contributed by atoms with Gasteiger partial charge in [0.25, 0.3) is 5.91 Å². The zero-order valence-corrected chi connectivity index (χ0v) is 17.3. The Morgan fingerprint density at radius 2 is 1.90 bits per heavy atom. The lowest BCUT2D eigenvalue weighted by Gasteiger charge is -2.23. The molecule has 1 aliphatic rings. The van der Waals surface area contributed by atoms with E-state index in [-0.39, 0.29) is 18.9 Å². The maximum atomic E-state index is 12.2. The number of ether oxygens (including phenoxy) is 1. The monoisotopic (exact) mass is 412 g/mol. The van der Waals surface area contributed by atoms with Crippen molar-refractivity contribution in [2.24, 2.45) is 0 Å². The average molecular weight is 413 g/mol. The van der Waals surface area contributed by atoms with E-state index in [9.17, 15) is 14.4 Å². The first-order valence-electron chi connectivity index (χ1n) is 9.59. The first kappa shape index (κ1) is 20.9. The molecule has 29 heavy (non-hydrogen) atoms. The van der Waals surface area contributed by atoms with Crippen molar-refractivity contribution < 1.29 is 19.1 Å². The van der Waals surface area contributed by atoms with Gasteiger partial charge in [0, 0.05) is 10.6 Å². The summed E-state index contributed by atoms with van der Waals surface area (Å²) in [5.41, 5.74) is 2.51. The average Bonchev–Trinajstić information content (AvgIpc) is 2.72. The molecule has 3 rings (SSSR count). The Labute approximate surface area is 174 Å². The van der Waals surface area contributed by atoms with Crippen molar-refractivity contribution in [3.8, 4) is 0 Å². The summed E-state index contributed by atoms with van der Waals surface area (Å²) in [7, 11) is 0. The predicted octanol–water partition coefficient (Wildman–Crippen LogP) is 4.18. The number of benzene rings is 2. The first-order chi connectivity index (χ1) is 14.0. The smallest absolute Gasteiger partial charge is 0.307 e. The van der Waals surface area contributed by atoms with E-state index in [2.05, 4.69) is 24.5 Å². The van der Waals surface area contributed by atoms with Crippen LogP contribution in [0.15, 0.2) is 53.4 Å². The van der Waals surface area contributed by atoms with E-state index in [1.54, 1.807) is 0 Å². The van der Waals surface area contributed by atoms with Crippen LogP contribution in [0, 0.1) is 0 Å². The summed E-state index contributed by atoms with van der Waals surface area (Å²) in [6.45, 7) is 3.79. The fourth-order valence-electron chi connectivity index (χ4n) is 3.03. The molecule has 6 nitrogen and oxygen atoms in total. The first-order valence-corrected chi connectivity index (χ1v) is 10.5. The number of rotatable bonds is 7. The van der Waals surface area contributed by atoms with Crippen molar-refractivity contribution in [3.63, 3.8) is 0 Å². The van der Waals surface area contributed by atoms with Crippen LogP contribution in [-0.4, -0.2) is 29.6 Å². The Morgan fingerprint density at radius 3 is 2.69 bits per heavy atom. The summed E-state index contributed by atoms with van der Waals surface area (Å²) in [5.74, 6) is -0.918. The van der Waals surface area contributed by atoms with Crippen molar-refractivity contribution in [2.45, 2.75) is 42.8 Å². The van der Waals surface area contributed by atoms with Gasteiger partial charge in [-0.3, -0.25) is 14.4 Å². The maximum absolute atomic E-state index is 12.2. The lowest BCUT2D eigenvalue weighted by molar-refractivity contribution is -0.147. The van der Waals surface area contributed by atoms with E-state index in [4.69, 9.17) is 4.74 Å². The van der Waals surface area contributed by atoms with Crippen LogP contribution in [0.2, 0.25) is 0 Å². The van der Waals surface area contributed by atoms with Gasteiger partial charge in [0.2, 0.25) is 5.91 Å². The SMILES string of the molecule is CC[C@H](C)c1ccccc1NC(=O)COC(=O)C[C@H]1Sc2ccccc2NC1=O. The Kier molecular flexibility index (Phi) is 6.93. The second kappa shape index (κ2) is 9.60. The number of hydrogen-bond acceptors (Lipinski definition) is 5. The third-order valence-corrected chi connectivity index (χ3v) is 6.08. The minimum Gasteiger partial charge on any atom is -0.456 e. The summed E-state index contributed by atoms with van der Waals surface area (Å²) in [4.78, 5) is 37.5. The molecule has 0 spiro atoms. The lowest BCUT2D eigenvalue weighted by atomic mass is 9.97. The number of amides is 2. The molecule has 7 heteroatoms. The van der Waals surface area contributed by atoms with Gasteiger partial charge in [0.1, 0.15) is 0 Å². The molecular formula is C22H24N2O4S. The van der Waals surface area contributed by atoms with Gasteiger partial charge in [-0.25, -0.2) is 0 Å². The summed E-state index contributed by atoms with van der Waals surface area (Å²) in [6.07, 6.45) is 0.855. The van der Waals surface area contributed by atoms with Crippen LogP contribution in [0.5, 0.6) is 0 Å². The second-order valence-electron chi connectivity index (χ2n) is 6.90. The molecule has 0 fully saturated rings. The highest BCUT2D eigenvalue weighted by molar-refractivity contribution is 8.01. The van der Waals surface area contributed by atoms with E-state index < -0.39 is 17.1 Å². The van der Waals surface area contributed by atoms with E-state index in [1.807, 2.05) is 48.5 Å². The highest BCUT2D eigenvalue weighted by atomic mass is 32.2. The number of carbonyl (C=O) groups is 3. The zero-order valence-electron chi connectivity index (χ0n) is 16.4. The van der Waals surface area contributed by atoms with Gasteiger partial charge in [-0.2, -0.15) is 0 Å². The molecule has 1 aliphatic heterocycles. The standard InChI is InChI=1S/C22H24N2O4S/c1-3-14(2)15-8-4-5-9-16(15)23-20(25)13-28-21(26)12-19-22(27)24-17-10-6-7-11-18(17)29-19/h4-11,14,19H,3,12-13H2,1-2H3,(H,23,25)(H,24,27)/t14-,19+/m0/s1. The van der Waals surface area contributed by atoms with E-state index in [1.165, 1.54) is 11.8 Å². The van der Waals surface area contributed by atoms with Gasteiger partial charge < -0.3 is 15.4 Å². The van der Waals surface area contributed by atoms with Crippen LogP contribution in [0.1, 0.15) is 38.2 Å². The topological polar surface area (TPSA) is 84.5 Å². The summed E-state index contributed by atoms with van der Waals surface area (Å²) in [5, 5.41) is 5.02. The minimum absolute atomic E-state index is 0.0957. The molecule has 2 N–H and O–H groups in total. The fraction of sp³-hybridized carbons (Fsp3) is 0.318. The molecule has 0 saturated carbocycles. The fourth-order valence-corrected chi connectivity index (χ4v) is 4.13. The number of esters is 1. The maximum Gasteiger partial charge on any atom is 0.307 e. The predicted molar refractivity (Wildman–Crippen MR) is 114 cm³/mol. The van der Waals surface area contributed by atoms with Crippen molar-refractivity contribution in [1.29, 1.82) is 0 Å². The minimum atomic E-state index is -0.581. The summed E-state index contributed by atoms with van der Waals surface area (Å²) in [6, 6.07) is 15.0. The molecule has 2 amide bonds. The third-order valence-electron chi connectivity index (χ3n) is 4.80. The molecule has 152 valence electrons. The number of hydrogen-bond donors (Lipinski definition) is 2. The highest BCUT2D eigenvalue weighted by Gasteiger charge is 2.29. The Balaban J connectivity index is 1.51. The van der Waals surface area contributed by atoms with Crippen LogP contribution in [0.4, 0.5) is 11.4 Å². The Hall–Kier alpha value is -2.80. The molecule has 0 bridgehead atoms. The number of nitrogens with one attached hydrogen (secondary N) is 2. The molecule has 0 unspecified atom stereocenters. The normalized spacial score (nSPS) is 16.3. The molecule has 0 radical (unpaired) electrons. The van der Waals surface area contributed by atoms with Crippen molar-refractivity contribution >= 4 is 40.9 Å². The molecule has 2 aromatic rings. The van der Waals surface area contributed by atoms with Crippen LogP contribution < -0.4 is 10.6 Å². The molecule has 0 aliphatic carbocycles. The molecule has 1 heterocycles. The second-order valence-corrected chi connectivity index (χ2v) is 8.15. The molecule has 0 aromatic heterocycles. The van der Waals surface area contributed by atoms with E-state index in [0.717, 1.165) is 28.3 Å². The number of anilines is 2. The zero-order chi connectivity index (χ0) is 20.8. The molecule has 2 atom stereocenters. The molecular weight excluding hydrogens is 388 g/mol. The summed E-state index contributed by atoms with van der Waals surface area (Å²) >= 11 is 1.32. The quantitative estimate of drug-likeness (QED) is 0.667. The Bertz CT molecular complexity index is 915. The van der Waals surface area contributed by atoms with Gasteiger partial charge in [0.05, 0.1) is 17.4 Å². The molecule has 0 saturated heterocycles. The number of para-hydroxylation sites is 2. The lowest BCUT2D eigenvalue weighted by Crippen LogP contribution is -2.32. The highest BCUT2D eigenvalue weighted by Crippen LogP contribution is 2.36. The van der Waals surface area contributed by atoms with Crippen molar-refractivity contribution in [1.82, 2.24) is 0 Å². The number of fused-ring (bicyclic) bond motifs is 1. The van der Waals surface area contributed by atoms with Gasteiger partial charge in [-0.15, -0.1) is 11.8 Å². The van der Waals surface area contributed by atoms with Gasteiger partial charge in [-0.1, -0.05) is 44.2 Å². The van der Waals surface area contributed by atoms with Crippen LogP contribution >= 0.6 is 11.8 Å². The number of carbonyl (C=O) groups excluding carboxylic acids is 3. The molecule has 2 aromatic carbocycles. The number of thioether (sulfide) groups is 1. The van der Waals surface area contributed by atoms with Crippen LogP contribution in [-0.2, 0) is 19.1 Å². The Morgan fingerprint density at radius 1 is 1.17 bits per heavy atom. The van der Waals surface area contributed by atoms with E-state index in [0.29, 0.717) is 5.92 Å². The van der Waals surface area contributed by atoms with E-state index >= 15 is 0 Å². The van der Waals surface area contributed by atoms with Crippen molar-refractivity contribution in [2.75, 3.05) is 17.2 Å². The third kappa shape index (κ3) is 5.38. The van der Waals surface area contributed by atoms with Gasteiger partial charge >= 0.3 is 5.97 Å². The van der Waals surface area contributed by atoms with Gasteiger partial charge in [-0.05, 0) is 36.1 Å². The largest absolute Gasteiger partial charge is 0.456 e. The van der Waals surface area contributed by atoms with Crippen molar-refractivity contribution in [3.05, 3.63) is 54.1 Å². The van der Waals surface area contributed by atoms with Gasteiger partial charge in [0.15, 0.2) is 6.61 Å². The van der Waals surface area contributed by atoms with Crippen LogP contribution in [0.25, 0.3) is 0 Å². The van der Waals surface area contributed by atoms with Crippen LogP contribution in [0.3, 0.4) is 0 Å². The summed E-state index contributed by atoms with van der Waals surface area (Å²) < 4.78 is 5.10.